The number of esters is 1. The summed E-state index contributed by atoms with van der Waals surface area (Å²) in [4.78, 5) is 28.9. The van der Waals surface area contributed by atoms with Gasteiger partial charge in [0.25, 0.3) is 5.91 Å². The first-order valence-electron chi connectivity index (χ1n) is 7.19. The van der Waals surface area contributed by atoms with Crippen molar-refractivity contribution in [2.24, 2.45) is 0 Å². The summed E-state index contributed by atoms with van der Waals surface area (Å²) in [7, 11) is 1.55. The molecule has 23 heavy (non-hydrogen) atoms. The number of benzene rings is 1. The molecule has 6 nitrogen and oxygen atoms in total. The van der Waals surface area contributed by atoms with Gasteiger partial charge in [0.15, 0.2) is 0 Å². The second-order valence-electron chi connectivity index (χ2n) is 4.78. The molecule has 6 heteroatoms. The number of carbonyl (C=O) groups excluding carboxylic acids is 2. The number of hydrogen-bond acceptors (Lipinski definition) is 5. The number of carbonyl (C=O) groups is 2. The van der Waals surface area contributed by atoms with E-state index >= 15 is 0 Å². The topological polar surface area (TPSA) is 68.7 Å². The molecule has 1 heterocycles. The average molecular weight is 314 g/mol. The van der Waals surface area contributed by atoms with Crippen LogP contribution in [0.1, 0.15) is 17.3 Å². The molecule has 0 aliphatic rings. The van der Waals surface area contributed by atoms with Gasteiger partial charge in [-0.15, -0.1) is 0 Å². The van der Waals surface area contributed by atoms with Gasteiger partial charge in [0.1, 0.15) is 18.0 Å². The van der Waals surface area contributed by atoms with Gasteiger partial charge < -0.3 is 14.4 Å². The van der Waals surface area contributed by atoms with Crippen LogP contribution >= 0.6 is 0 Å². The molecule has 1 amide bonds. The molecule has 0 saturated carbocycles. The number of rotatable bonds is 6. The summed E-state index contributed by atoms with van der Waals surface area (Å²) in [6.45, 7) is 1.93. The normalized spacial score (nSPS) is 10.0. The Balaban J connectivity index is 1.98. The highest BCUT2D eigenvalue weighted by Crippen LogP contribution is 2.20. The van der Waals surface area contributed by atoms with Crippen LogP contribution in [-0.4, -0.2) is 42.0 Å². The lowest BCUT2D eigenvalue weighted by molar-refractivity contribution is -0.143. The highest BCUT2D eigenvalue weighted by Gasteiger charge is 2.15. The number of ether oxygens (including phenoxy) is 2. The zero-order valence-electron chi connectivity index (χ0n) is 13.1. The highest BCUT2D eigenvalue weighted by molar-refractivity contribution is 5.95. The van der Waals surface area contributed by atoms with Crippen LogP contribution in [0.25, 0.3) is 0 Å². The first-order chi connectivity index (χ1) is 11.1. The SMILES string of the molecule is CCOC(=O)CN(C)C(=O)c1ccc(Oc2cccnc2)cc1. The summed E-state index contributed by atoms with van der Waals surface area (Å²) in [5, 5.41) is 0. The Morgan fingerprint density at radius 3 is 2.48 bits per heavy atom. The quantitative estimate of drug-likeness (QED) is 0.766. The maximum absolute atomic E-state index is 12.2. The molecule has 0 aliphatic carbocycles. The van der Waals surface area contributed by atoms with Crippen LogP contribution in [-0.2, 0) is 9.53 Å². The van der Waals surface area contributed by atoms with E-state index in [0.29, 0.717) is 23.7 Å². The van der Waals surface area contributed by atoms with Crippen LogP contribution < -0.4 is 4.74 Å². The monoisotopic (exact) mass is 314 g/mol. The number of aromatic nitrogens is 1. The van der Waals surface area contributed by atoms with E-state index in [9.17, 15) is 9.59 Å². The van der Waals surface area contributed by atoms with Crippen molar-refractivity contribution in [3.8, 4) is 11.5 Å². The van der Waals surface area contributed by atoms with Gasteiger partial charge in [-0.3, -0.25) is 14.6 Å². The minimum absolute atomic E-state index is 0.0827. The van der Waals surface area contributed by atoms with Gasteiger partial charge in [-0.2, -0.15) is 0 Å². The Labute approximate surface area is 134 Å². The van der Waals surface area contributed by atoms with E-state index in [1.807, 2.05) is 0 Å². The Bertz CT molecular complexity index is 656. The van der Waals surface area contributed by atoms with Crippen molar-refractivity contribution in [1.29, 1.82) is 0 Å². The summed E-state index contributed by atoms with van der Waals surface area (Å²) in [5.41, 5.74) is 0.468. The maximum atomic E-state index is 12.2. The molecule has 0 fully saturated rings. The van der Waals surface area contributed by atoms with Crippen LogP contribution in [0.5, 0.6) is 11.5 Å². The summed E-state index contributed by atoms with van der Waals surface area (Å²) in [6.07, 6.45) is 3.26. The standard InChI is InChI=1S/C17H18N2O4/c1-3-22-16(20)12-19(2)17(21)13-6-8-14(9-7-13)23-15-5-4-10-18-11-15/h4-11H,3,12H2,1-2H3. The van der Waals surface area contributed by atoms with Crippen molar-refractivity contribution in [2.75, 3.05) is 20.2 Å². The number of hydrogen-bond donors (Lipinski definition) is 0. The zero-order valence-corrected chi connectivity index (χ0v) is 13.1. The molecule has 1 aromatic heterocycles. The molecule has 0 N–H and O–H groups in total. The van der Waals surface area contributed by atoms with Gasteiger partial charge in [0.05, 0.1) is 12.8 Å². The summed E-state index contributed by atoms with van der Waals surface area (Å²) >= 11 is 0. The van der Waals surface area contributed by atoms with Crippen LogP contribution in [0.15, 0.2) is 48.8 Å². The molecular weight excluding hydrogens is 296 g/mol. The van der Waals surface area contributed by atoms with Crippen LogP contribution in [0.3, 0.4) is 0 Å². The summed E-state index contributed by atoms with van der Waals surface area (Å²) in [5.74, 6) is 0.527. The predicted octanol–water partition coefficient (Wildman–Crippen LogP) is 2.51. The highest BCUT2D eigenvalue weighted by atomic mass is 16.5. The first kappa shape index (κ1) is 16.5. The van der Waals surface area contributed by atoms with Crippen molar-refractivity contribution >= 4 is 11.9 Å². The van der Waals surface area contributed by atoms with Gasteiger partial charge in [-0.1, -0.05) is 0 Å². The van der Waals surface area contributed by atoms with Crippen LogP contribution in [0.4, 0.5) is 0 Å². The van der Waals surface area contributed by atoms with Gasteiger partial charge in [0, 0.05) is 18.8 Å². The molecule has 0 bridgehead atoms. The first-order valence-corrected chi connectivity index (χ1v) is 7.19. The lowest BCUT2D eigenvalue weighted by Gasteiger charge is -2.16. The fourth-order valence-corrected chi connectivity index (χ4v) is 1.90. The predicted molar refractivity (Wildman–Crippen MR) is 84.3 cm³/mol. The summed E-state index contributed by atoms with van der Waals surface area (Å²) < 4.78 is 10.4. The van der Waals surface area contributed by atoms with Crippen molar-refractivity contribution < 1.29 is 19.1 Å². The fourth-order valence-electron chi connectivity index (χ4n) is 1.90. The van der Waals surface area contributed by atoms with E-state index < -0.39 is 5.97 Å². The van der Waals surface area contributed by atoms with E-state index in [1.165, 1.54) is 4.90 Å². The molecule has 2 aromatic rings. The third-order valence-corrected chi connectivity index (χ3v) is 2.99. The Hall–Kier alpha value is -2.89. The van der Waals surface area contributed by atoms with Gasteiger partial charge in [-0.05, 0) is 43.3 Å². The lowest BCUT2D eigenvalue weighted by atomic mass is 10.2. The van der Waals surface area contributed by atoms with Gasteiger partial charge in [-0.25, -0.2) is 0 Å². The fraction of sp³-hybridized carbons (Fsp3) is 0.235. The van der Waals surface area contributed by atoms with E-state index in [2.05, 4.69) is 4.98 Å². The van der Waals surface area contributed by atoms with E-state index in [1.54, 1.807) is 62.8 Å². The van der Waals surface area contributed by atoms with Crippen LogP contribution in [0, 0.1) is 0 Å². The molecule has 0 radical (unpaired) electrons. The van der Waals surface area contributed by atoms with Crippen molar-refractivity contribution in [3.63, 3.8) is 0 Å². The third kappa shape index (κ3) is 4.81. The second kappa shape index (κ2) is 7.93. The molecule has 120 valence electrons. The van der Waals surface area contributed by atoms with E-state index in [0.717, 1.165) is 0 Å². The minimum atomic E-state index is -0.431. The molecule has 0 saturated heterocycles. The van der Waals surface area contributed by atoms with Gasteiger partial charge >= 0.3 is 5.97 Å². The Kier molecular flexibility index (Phi) is 5.68. The molecule has 0 atom stereocenters. The Morgan fingerprint density at radius 1 is 1.13 bits per heavy atom. The van der Waals surface area contributed by atoms with Crippen molar-refractivity contribution in [1.82, 2.24) is 9.88 Å². The molecular formula is C17H18N2O4. The third-order valence-electron chi connectivity index (χ3n) is 2.99. The molecule has 0 spiro atoms. The van der Waals surface area contributed by atoms with Crippen LogP contribution in [0.2, 0.25) is 0 Å². The largest absolute Gasteiger partial charge is 0.465 e. The molecule has 2 rings (SSSR count). The average Bonchev–Trinajstić information content (AvgIpc) is 2.56. The minimum Gasteiger partial charge on any atom is -0.465 e. The maximum Gasteiger partial charge on any atom is 0.325 e. The van der Waals surface area contributed by atoms with Crippen molar-refractivity contribution in [2.45, 2.75) is 6.92 Å². The molecule has 0 unspecified atom stereocenters. The lowest BCUT2D eigenvalue weighted by Crippen LogP contribution is -2.33. The smallest absolute Gasteiger partial charge is 0.325 e. The van der Waals surface area contributed by atoms with Crippen molar-refractivity contribution in [3.05, 3.63) is 54.4 Å². The van der Waals surface area contributed by atoms with Gasteiger partial charge in [0.2, 0.25) is 0 Å². The summed E-state index contributed by atoms with van der Waals surface area (Å²) in [6, 6.07) is 10.2. The number of likely N-dealkylation sites (N-methyl/N-ethyl adjacent to an activating group) is 1. The number of amides is 1. The Morgan fingerprint density at radius 2 is 1.87 bits per heavy atom. The second-order valence-corrected chi connectivity index (χ2v) is 4.78. The molecule has 0 aliphatic heterocycles. The molecule has 1 aromatic carbocycles. The van der Waals surface area contributed by atoms with E-state index in [-0.39, 0.29) is 12.5 Å². The zero-order chi connectivity index (χ0) is 16.7. The number of nitrogens with zero attached hydrogens (tertiary/aromatic N) is 2. The number of pyridine rings is 1. The van der Waals surface area contributed by atoms with E-state index in [4.69, 9.17) is 9.47 Å².